The average Bonchev–Trinajstić information content (AvgIpc) is 3.80. The van der Waals surface area contributed by atoms with E-state index in [2.05, 4.69) is 35.8 Å². The Bertz CT molecular complexity index is 1150. The van der Waals surface area contributed by atoms with Gasteiger partial charge in [-0.1, -0.05) is 74.7 Å². The SMILES string of the molecule is CCCC(CCC)S(=O)(=O)CC(NC(=O)CC1CC1)C(=O)O.COc1cccc(CNCCCN)c1.Cc1ccccc1. The van der Waals surface area contributed by atoms with Gasteiger partial charge in [-0.05, 0) is 75.7 Å². The van der Waals surface area contributed by atoms with E-state index in [-0.39, 0.29) is 12.3 Å². The minimum atomic E-state index is -3.54. The third-order valence-corrected chi connectivity index (χ3v) is 9.18. The summed E-state index contributed by atoms with van der Waals surface area (Å²) >= 11 is 0. The third-order valence-electron chi connectivity index (χ3n) is 6.89. The molecule has 0 heterocycles. The van der Waals surface area contributed by atoms with Gasteiger partial charge >= 0.3 is 5.97 Å². The third kappa shape index (κ3) is 17.7. The number of methoxy groups -OCH3 is 1. The second kappa shape index (κ2) is 21.7. The van der Waals surface area contributed by atoms with Crippen LogP contribution in [0.4, 0.5) is 0 Å². The molecule has 10 heteroatoms. The summed E-state index contributed by atoms with van der Waals surface area (Å²) in [5.74, 6) is -0.946. The molecular weight excluding hydrogens is 566 g/mol. The molecule has 1 saturated carbocycles. The lowest BCUT2D eigenvalue weighted by Crippen LogP contribution is -2.47. The van der Waals surface area contributed by atoms with E-state index in [0.29, 0.717) is 18.8 Å². The van der Waals surface area contributed by atoms with Crippen LogP contribution in [-0.4, -0.2) is 62.6 Å². The fourth-order valence-corrected chi connectivity index (χ4v) is 6.46. The van der Waals surface area contributed by atoms with Gasteiger partial charge < -0.3 is 26.2 Å². The highest BCUT2D eigenvalue weighted by Crippen LogP contribution is 2.32. The Morgan fingerprint density at radius 2 is 1.70 bits per heavy atom. The Kier molecular flexibility index (Phi) is 19.2. The number of carbonyl (C=O) groups excluding carboxylic acids is 1. The van der Waals surface area contributed by atoms with Crippen LogP contribution in [0.1, 0.15) is 76.3 Å². The highest BCUT2D eigenvalue weighted by atomic mass is 32.2. The molecule has 2 aromatic rings. The zero-order chi connectivity index (χ0) is 32.1. The van der Waals surface area contributed by atoms with Gasteiger partial charge in [0.2, 0.25) is 5.91 Å². The quantitative estimate of drug-likeness (QED) is 0.183. The van der Waals surface area contributed by atoms with Gasteiger partial charge in [0.1, 0.15) is 11.8 Å². The summed E-state index contributed by atoms with van der Waals surface area (Å²) in [4.78, 5) is 23.0. The molecule has 1 atom stereocenters. The van der Waals surface area contributed by atoms with Crippen LogP contribution in [0.15, 0.2) is 54.6 Å². The molecule has 1 aliphatic carbocycles. The molecular formula is C33H53N3O6S. The summed E-state index contributed by atoms with van der Waals surface area (Å²) in [7, 11) is -1.86. The summed E-state index contributed by atoms with van der Waals surface area (Å²) in [6, 6.07) is 17.0. The summed E-state index contributed by atoms with van der Waals surface area (Å²) in [6.07, 6.45) is 5.79. The van der Waals surface area contributed by atoms with Crippen molar-refractivity contribution in [3.63, 3.8) is 0 Å². The molecule has 1 fully saturated rings. The highest BCUT2D eigenvalue weighted by Gasteiger charge is 2.33. The van der Waals surface area contributed by atoms with Gasteiger partial charge in [0.25, 0.3) is 0 Å². The monoisotopic (exact) mass is 619 g/mol. The first-order valence-electron chi connectivity index (χ1n) is 15.3. The number of hydrogen-bond acceptors (Lipinski definition) is 7. The molecule has 9 nitrogen and oxygen atoms in total. The van der Waals surface area contributed by atoms with E-state index < -0.39 is 32.9 Å². The fourth-order valence-electron chi connectivity index (χ4n) is 4.30. The van der Waals surface area contributed by atoms with E-state index in [4.69, 9.17) is 10.5 Å². The van der Waals surface area contributed by atoms with Gasteiger partial charge in [0.05, 0.1) is 18.1 Å². The van der Waals surface area contributed by atoms with E-state index in [1.165, 1.54) is 11.1 Å². The molecule has 2 aromatic carbocycles. The molecule has 0 aliphatic heterocycles. The maximum atomic E-state index is 12.4. The van der Waals surface area contributed by atoms with Gasteiger partial charge in [0.15, 0.2) is 9.84 Å². The van der Waals surface area contributed by atoms with Gasteiger partial charge in [-0.25, -0.2) is 13.2 Å². The number of amides is 1. The predicted molar refractivity (Wildman–Crippen MR) is 174 cm³/mol. The van der Waals surface area contributed by atoms with Crippen molar-refractivity contribution in [2.24, 2.45) is 11.7 Å². The number of nitrogens with one attached hydrogen (secondary N) is 2. The molecule has 242 valence electrons. The first-order chi connectivity index (χ1) is 20.6. The number of carboxylic acid groups (broad SMARTS) is 1. The first-order valence-corrected chi connectivity index (χ1v) is 17.1. The first kappa shape index (κ1) is 38.1. The molecule has 0 spiro atoms. The largest absolute Gasteiger partial charge is 0.497 e. The number of aliphatic carboxylic acids is 1. The highest BCUT2D eigenvalue weighted by molar-refractivity contribution is 7.92. The minimum absolute atomic E-state index is 0.289. The van der Waals surface area contributed by atoms with Crippen molar-refractivity contribution >= 4 is 21.7 Å². The maximum Gasteiger partial charge on any atom is 0.327 e. The van der Waals surface area contributed by atoms with Gasteiger partial charge in [-0.2, -0.15) is 0 Å². The number of sulfone groups is 1. The van der Waals surface area contributed by atoms with Crippen molar-refractivity contribution in [3.05, 3.63) is 65.7 Å². The molecule has 0 aromatic heterocycles. The lowest BCUT2D eigenvalue weighted by Gasteiger charge is -2.20. The number of nitrogens with two attached hydrogens (primary N) is 1. The molecule has 1 unspecified atom stereocenters. The van der Waals surface area contributed by atoms with Crippen LogP contribution in [0, 0.1) is 12.8 Å². The second-order valence-electron chi connectivity index (χ2n) is 11.0. The van der Waals surface area contributed by atoms with Crippen LogP contribution in [0.2, 0.25) is 0 Å². The van der Waals surface area contributed by atoms with Crippen LogP contribution < -0.4 is 21.1 Å². The molecule has 43 heavy (non-hydrogen) atoms. The second-order valence-corrected chi connectivity index (χ2v) is 13.3. The number of aryl methyl sites for hydroxylation is 1. The summed E-state index contributed by atoms with van der Waals surface area (Å²) in [6.45, 7) is 8.48. The number of hydrogen-bond donors (Lipinski definition) is 4. The van der Waals surface area contributed by atoms with E-state index >= 15 is 0 Å². The Hall–Kier alpha value is -2.95. The molecule has 0 radical (unpaired) electrons. The van der Waals surface area contributed by atoms with Crippen molar-refractivity contribution < 1.29 is 27.9 Å². The maximum absolute atomic E-state index is 12.4. The Morgan fingerprint density at radius 1 is 1.05 bits per heavy atom. The van der Waals surface area contributed by atoms with Crippen molar-refractivity contribution in [1.82, 2.24) is 10.6 Å². The topological polar surface area (TPSA) is 148 Å². The molecule has 1 aliphatic rings. The average molecular weight is 620 g/mol. The van der Waals surface area contributed by atoms with Crippen LogP contribution >= 0.6 is 0 Å². The summed E-state index contributed by atoms with van der Waals surface area (Å²) < 4.78 is 30.0. The van der Waals surface area contributed by atoms with E-state index in [9.17, 15) is 23.1 Å². The molecule has 0 saturated heterocycles. The number of benzene rings is 2. The van der Waals surface area contributed by atoms with Crippen molar-refractivity contribution in [2.45, 2.75) is 90.0 Å². The van der Waals surface area contributed by atoms with E-state index in [1.54, 1.807) is 7.11 Å². The fraction of sp³-hybridized carbons (Fsp3) is 0.576. The zero-order valence-corrected chi connectivity index (χ0v) is 27.2. The van der Waals surface area contributed by atoms with Crippen LogP contribution in [0.3, 0.4) is 0 Å². The zero-order valence-electron chi connectivity index (χ0n) is 26.4. The van der Waals surface area contributed by atoms with Crippen molar-refractivity contribution in [3.8, 4) is 5.75 Å². The standard InChI is InChI=1S/C15H27NO5S.C11H18N2O.C7H8/c1-3-5-12(6-4-2)22(20,21)10-13(15(18)19)16-14(17)9-11-7-8-11;1-14-11-5-2-4-10(8-11)9-13-7-3-6-12;1-7-5-3-2-4-6-7/h11-13H,3-10H2,1-2H3,(H,16,17)(H,18,19);2,4-5,8,13H,3,6-7,9,12H2,1H3;2-6H,1H3. The van der Waals surface area contributed by atoms with Crippen molar-refractivity contribution in [1.29, 1.82) is 0 Å². The normalized spacial score (nSPS) is 13.2. The summed E-state index contributed by atoms with van der Waals surface area (Å²) in [5.41, 5.74) is 7.95. The molecule has 0 bridgehead atoms. The van der Waals surface area contributed by atoms with Gasteiger partial charge in [0, 0.05) is 13.0 Å². The Morgan fingerprint density at radius 3 is 2.19 bits per heavy atom. The van der Waals surface area contributed by atoms with Crippen LogP contribution in [-0.2, 0) is 26.0 Å². The molecule has 3 rings (SSSR count). The number of ether oxygens (including phenoxy) is 1. The minimum Gasteiger partial charge on any atom is -0.497 e. The van der Waals surface area contributed by atoms with Crippen LogP contribution in [0.5, 0.6) is 5.75 Å². The number of carbonyl (C=O) groups is 2. The smallest absolute Gasteiger partial charge is 0.327 e. The Balaban J connectivity index is 0.000000371. The number of rotatable bonds is 17. The number of carboxylic acids is 1. The lowest BCUT2D eigenvalue weighted by molar-refractivity contribution is -0.141. The molecule has 5 N–H and O–H groups in total. The molecule has 1 amide bonds. The van der Waals surface area contributed by atoms with Gasteiger partial charge in [-0.3, -0.25) is 4.79 Å². The Labute approximate surface area is 258 Å². The summed E-state index contributed by atoms with van der Waals surface area (Å²) in [5, 5.41) is 14.4. The lowest BCUT2D eigenvalue weighted by atomic mass is 10.2. The van der Waals surface area contributed by atoms with E-state index in [0.717, 1.165) is 57.5 Å². The van der Waals surface area contributed by atoms with Crippen LogP contribution in [0.25, 0.3) is 0 Å². The predicted octanol–water partition coefficient (Wildman–Crippen LogP) is 4.87. The van der Waals surface area contributed by atoms with E-state index in [1.807, 2.05) is 50.2 Å². The van der Waals surface area contributed by atoms with Gasteiger partial charge in [-0.15, -0.1) is 0 Å². The van der Waals surface area contributed by atoms with Crippen molar-refractivity contribution in [2.75, 3.05) is 26.0 Å².